The molecule has 160 valence electrons. The van der Waals surface area contributed by atoms with Crippen LogP contribution in [0.4, 0.5) is 0 Å². The summed E-state index contributed by atoms with van der Waals surface area (Å²) in [6.45, 7) is 11.9. The Morgan fingerprint density at radius 2 is 1.07 bits per heavy atom. The smallest absolute Gasteiger partial charge is 0.289 e. The minimum Gasteiger partial charge on any atom is -0.289 e. The largest absolute Gasteiger partial charge is 0.373 e. The van der Waals surface area contributed by atoms with Gasteiger partial charge in [0.1, 0.15) is 0 Å². The summed E-state index contributed by atoms with van der Waals surface area (Å²) in [7, 11) is 0. The summed E-state index contributed by atoms with van der Waals surface area (Å²) in [6.07, 6.45) is 0.389. The van der Waals surface area contributed by atoms with E-state index in [9.17, 15) is 9.59 Å². The molecule has 6 heteroatoms. The van der Waals surface area contributed by atoms with E-state index in [1.165, 1.54) is 0 Å². The van der Waals surface area contributed by atoms with Crippen molar-refractivity contribution < 1.29 is 29.1 Å². The van der Waals surface area contributed by atoms with Gasteiger partial charge in [0.2, 0.25) is 0 Å². The van der Waals surface area contributed by atoms with Crippen LogP contribution >= 0.6 is 0 Å². The van der Waals surface area contributed by atoms with Crippen LogP contribution in [0.2, 0.25) is 0 Å². The molecular weight excluding hydrogens is 384 g/mol. The highest BCUT2D eigenvalue weighted by atomic mass is 17.3. The van der Waals surface area contributed by atoms with E-state index in [-0.39, 0.29) is 12.7 Å². The zero-order chi connectivity index (χ0) is 22.1. The number of hydrogen-bond acceptors (Lipinski definition) is 6. The fourth-order valence-corrected chi connectivity index (χ4v) is 2.51. The first-order valence-corrected chi connectivity index (χ1v) is 9.94. The molecule has 0 aliphatic heterocycles. The average Bonchev–Trinajstić information content (AvgIpc) is 2.75. The van der Waals surface area contributed by atoms with E-state index in [1.807, 2.05) is 24.3 Å². The molecule has 0 fully saturated rings. The van der Waals surface area contributed by atoms with Crippen molar-refractivity contribution in [2.24, 2.45) is 0 Å². The molecule has 0 atom stereocenters. The molecule has 0 heterocycles. The second kappa shape index (κ2) is 11.5. The number of carbonyl (C=O) groups is 2. The highest BCUT2D eigenvalue weighted by Gasteiger charge is 2.21. The molecule has 0 spiro atoms. The Morgan fingerprint density at radius 3 is 1.37 bits per heavy atom. The first kappa shape index (κ1) is 23.6. The SMILES string of the molecule is [CH2]CC[C](OOC(=O)c1ccc(C(C)C)cc1)OOC(=O)c1ccc(C(C)C)cc1. The number of benzene rings is 2. The van der Waals surface area contributed by atoms with Crippen LogP contribution in [-0.4, -0.2) is 11.9 Å². The molecule has 6 nitrogen and oxygen atoms in total. The van der Waals surface area contributed by atoms with Gasteiger partial charge >= 0.3 is 18.2 Å². The third kappa shape index (κ3) is 6.97. The highest BCUT2D eigenvalue weighted by Crippen LogP contribution is 2.19. The lowest BCUT2D eigenvalue weighted by Gasteiger charge is -2.13. The van der Waals surface area contributed by atoms with Crippen LogP contribution in [0.3, 0.4) is 0 Å². The number of carbonyl (C=O) groups excluding carboxylic acids is 2. The normalized spacial score (nSPS) is 11.2. The van der Waals surface area contributed by atoms with Crippen molar-refractivity contribution in [3.05, 3.63) is 84.0 Å². The molecule has 0 aromatic heterocycles. The fourth-order valence-electron chi connectivity index (χ4n) is 2.51. The van der Waals surface area contributed by atoms with Crippen LogP contribution < -0.4 is 0 Å². The molecule has 2 radical (unpaired) electrons. The van der Waals surface area contributed by atoms with Crippen molar-refractivity contribution in [2.45, 2.75) is 52.4 Å². The van der Waals surface area contributed by atoms with Crippen LogP contribution in [0.1, 0.15) is 84.2 Å². The zero-order valence-corrected chi connectivity index (χ0v) is 17.8. The first-order chi connectivity index (χ1) is 14.3. The standard InChI is InChI=1S/C24H28O6/c1-6-7-22(27-29-23(25)20-12-8-18(9-13-20)16(2)3)28-30-24(26)21-14-10-19(11-15-21)17(4)5/h8-17H,1,6-7H2,2-5H3. The van der Waals surface area contributed by atoms with Gasteiger partial charge in [0, 0.05) is 6.42 Å². The summed E-state index contributed by atoms with van der Waals surface area (Å²) in [5.41, 5.74) is 2.87. The van der Waals surface area contributed by atoms with Gasteiger partial charge in [0.05, 0.1) is 11.1 Å². The molecule has 0 saturated heterocycles. The molecule has 2 aromatic rings. The zero-order valence-electron chi connectivity index (χ0n) is 17.8. The Labute approximate surface area is 178 Å². The summed E-state index contributed by atoms with van der Waals surface area (Å²) in [6, 6.07) is 14.0. The maximum Gasteiger partial charge on any atom is 0.373 e. The summed E-state index contributed by atoms with van der Waals surface area (Å²) in [5, 5.41) is 0. The Hall–Kier alpha value is -2.70. The third-order valence-electron chi connectivity index (χ3n) is 4.43. The summed E-state index contributed by atoms with van der Waals surface area (Å²) in [4.78, 5) is 43.8. The van der Waals surface area contributed by atoms with Crippen LogP contribution in [-0.2, 0) is 19.6 Å². The van der Waals surface area contributed by atoms with E-state index in [2.05, 4.69) is 34.6 Å². The molecule has 30 heavy (non-hydrogen) atoms. The van der Waals surface area contributed by atoms with Crippen LogP contribution in [0.5, 0.6) is 0 Å². The minimum absolute atomic E-state index is 0.177. The predicted octanol–water partition coefficient (Wildman–Crippen LogP) is 5.91. The van der Waals surface area contributed by atoms with Crippen molar-refractivity contribution in [3.63, 3.8) is 0 Å². The average molecular weight is 412 g/mol. The second-order valence-corrected chi connectivity index (χ2v) is 7.44. The molecule has 0 amide bonds. The maximum absolute atomic E-state index is 12.1. The summed E-state index contributed by atoms with van der Waals surface area (Å²) >= 11 is 0. The lowest BCUT2D eigenvalue weighted by Crippen LogP contribution is -2.16. The van der Waals surface area contributed by atoms with Crippen LogP contribution in [0.25, 0.3) is 0 Å². The van der Waals surface area contributed by atoms with E-state index in [4.69, 9.17) is 19.6 Å². The molecule has 0 saturated carbocycles. The molecule has 2 aromatic carbocycles. The summed E-state index contributed by atoms with van der Waals surface area (Å²) in [5.74, 6) is -0.668. The van der Waals surface area contributed by atoms with Gasteiger partial charge in [-0.15, -0.1) is 9.78 Å². The van der Waals surface area contributed by atoms with Crippen molar-refractivity contribution in [1.82, 2.24) is 0 Å². The number of rotatable bonds is 10. The molecule has 0 bridgehead atoms. The van der Waals surface area contributed by atoms with Gasteiger partial charge in [-0.2, -0.15) is 0 Å². The third-order valence-corrected chi connectivity index (χ3v) is 4.43. The fraction of sp³-hybridized carbons (Fsp3) is 0.333. The molecule has 2 rings (SSSR count). The van der Waals surface area contributed by atoms with Gasteiger partial charge in [-0.25, -0.2) is 9.59 Å². The molecule has 0 unspecified atom stereocenters. The summed E-state index contributed by atoms with van der Waals surface area (Å²) < 4.78 is 0. The van der Waals surface area contributed by atoms with Crippen LogP contribution in [0.15, 0.2) is 48.5 Å². The Morgan fingerprint density at radius 1 is 0.700 bits per heavy atom. The molecule has 0 aliphatic carbocycles. The van der Waals surface area contributed by atoms with Crippen LogP contribution in [0, 0.1) is 13.2 Å². The van der Waals surface area contributed by atoms with E-state index in [1.54, 1.807) is 24.3 Å². The molecular formula is C24H28O6. The van der Waals surface area contributed by atoms with E-state index in [0.29, 0.717) is 29.4 Å². The van der Waals surface area contributed by atoms with E-state index < -0.39 is 11.9 Å². The lowest BCUT2D eigenvalue weighted by atomic mass is 10.0. The topological polar surface area (TPSA) is 71.1 Å². The van der Waals surface area contributed by atoms with Gasteiger partial charge in [-0.3, -0.25) is 9.78 Å². The maximum atomic E-state index is 12.1. The van der Waals surface area contributed by atoms with Crippen molar-refractivity contribution in [2.75, 3.05) is 0 Å². The van der Waals surface area contributed by atoms with Gasteiger partial charge < -0.3 is 0 Å². The Balaban J connectivity index is 1.87. The van der Waals surface area contributed by atoms with Crippen molar-refractivity contribution in [1.29, 1.82) is 0 Å². The lowest BCUT2D eigenvalue weighted by molar-refractivity contribution is -0.363. The first-order valence-electron chi connectivity index (χ1n) is 9.94. The monoisotopic (exact) mass is 412 g/mol. The van der Waals surface area contributed by atoms with Gasteiger partial charge in [-0.05, 0) is 53.6 Å². The number of hydrogen-bond donors (Lipinski definition) is 0. The van der Waals surface area contributed by atoms with Gasteiger partial charge in [0.15, 0.2) is 0 Å². The van der Waals surface area contributed by atoms with Gasteiger partial charge in [-0.1, -0.05) is 58.9 Å². The second-order valence-electron chi connectivity index (χ2n) is 7.44. The quantitative estimate of drug-likeness (QED) is 0.357. The highest BCUT2D eigenvalue weighted by molar-refractivity contribution is 5.89. The Kier molecular flexibility index (Phi) is 9.02. The van der Waals surface area contributed by atoms with Crippen molar-refractivity contribution >= 4 is 11.9 Å². The molecule has 0 N–H and O–H groups in total. The van der Waals surface area contributed by atoms with Crippen molar-refractivity contribution in [3.8, 4) is 0 Å². The molecule has 0 aliphatic rings. The van der Waals surface area contributed by atoms with E-state index in [0.717, 1.165) is 11.1 Å². The minimum atomic E-state index is -0.689. The van der Waals surface area contributed by atoms with Gasteiger partial charge in [0.25, 0.3) is 0 Å². The Bertz CT molecular complexity index is 741. The predicted molar refractivity (Wildman–Crippen MR) is 112 cm³/mol. The van der Waals surface area contributed by atoms with E-state index >= 15 is 0 Å².